The molecule has 0 heterocycles. The molecule has 0 aliphatic heterocycles. The van der Waals surface area contributed by atoms with Crippen LogP contribution in [0.1, 0.15) is 25.5 Å². The van der Waals surface area contributed by atoms with E-state index in [1.165, 1.54) is 5.56 Å². The quantitative estimate of drug-likeness (QED) is 0.665. The summed E-state index contributed by atoms with van der Waals surface area (Å²) >= 11 is 13.9. The molecule has 0 bridgehead atoms. The van der Waals surface area contributed by atoms with Gasteiger partial charge in [0, 0.05) is 16.2 Å². The summed E-state index contributed by atoms with van der Waals surface area (Å²) in [6.07, 6.45) is 0. The van der Waals surface area contributed by atoms with Crippen molar-refractivity contribution in [1.29, 1.82) is 0 Å². The molecule has 1 nitrogen and oxygen atoms in total. The van der Waals surface area contributed by atoms with Gasteiger partial charge in [-0.05, 0) is 30.3 Å². The summed E-state index contributed by atoms with van der Waals surface area (Å²) < 4.78 is 0. The van der Waals surface area contributed by atoms with Gasteiger partial charge >= 0.3 is 0 Å². The summed E-state index contributed by atoms with van der Waals surface area (Å²) in [5.74, 6) is 0. The molecule has 0 spiro atoms. The van der Waals surface area contributed by atoms with E-state index in [0.29, 0.717) is 21.3 Å². The second-order valence-electron chi connectivity index (χ2n) is 4.84. The number of hydrogen-bond donors (Lipinski definition) is 1. The highest BCUT2D eigenvalue weighted by molar-refractivity contribution is 8.00. The van der Waals surface area contributed by atoms with Crippen molar-refractivity contribution in [3.05, 3.63) is 64.1 Å². The van der Waals surface area contributed by atoms with Crippen molar-refractivity contribution in [2.45, 2.75) is 30.0 Å². The molecule has 0 radical (unpaired) electrons. The minimum Gasteiger partial charge on any atom is -0.309 e. The Morgan fingerprint density at radius 1 is 1.05 bits per heavy atom. The maximum absolute atomic E-state index is 6.09. The number of hydrogen-bond acceptors (Lipinski definition) is 2. The summed E-state index contributed by atoms with van der Waals surface area (Å²) in [7, 11) is 0. The third-order valence-electron chi connectivity index (χ3n) is 3.27. The van der Waals surface area contributed by atoms with Gasteiger partial charge in [0.2, 0.25) is 0 Å². The Bertz CT molecular complexity index is 574. The number of halogens is 2. The van der Waals surface area contributed by atoms with Gasteiger partial charge in [0.25, 0.3) is 0 Å². The van der Waals surface area contributed by atoms with E-state index in [1.807, 2.05) is 24.3 Å². The van der Waals surface area contributed by atoms with Crippen molar-refractivity contribution >= 4 is 35.0 Å². The summed E-state index contributed by atoms with van der Waals surface area (Å²) in [6.45, 7) is 5.30. The van der Waals surface area contributed by atoms with Crippen molar-refractivity contribution in [2.24, 2.45) is 0 Å². The van der Waals surface area contributed by atoms with Gasteiger partial charge in [-0.25, -0.2) is 0 Å². The molecule has 0 aliphatic rings. The van der Waals surface area contributed by atoms with Crippen LogP contribution in [-0.2, 0) is 0 Å². The molecule has 2 aromatic rings. The third-order valence-corrected chi connectivity index (χ3v) is 5.17. The summed E-state index contributed by atoms with van der Waals surface area (Å²) in [6, 6.07) is 16.6. The molecule has 0 aromatic heterocycles. The topological polar surface area (TPSA) is 12.0 Å². The van der Waals surface area contributed by atoms with E-state index >= 15 is 0 Å². The average Bonchev–Trinajstić information content (AvgIpc) is 2.49. The molecule has 0 saturated heterocycles. The van der Waals surface area contributed by atoms with E-state index in [-0.39, 0.29) is 0 Å². The average molecular weight is 340 g/mol. The number of thioether (sulfide) groups is 1. The molecule has 4 heteroatoms. The molecule has 0 saturated carbocycles. The molecule has 0 fully saturated rings. The predicted octanol–water partition coefficient (Wildman–Crippen LogP) is 5.82. The van der Waals surface area contributed by atoms with Crippen molar-refractivity contribution in [1.82, 2.24) is 5.32 Å². The highest BCUT2D eigenvalue weighted by atomic mass is 35.5. The van der Waals surface area contributed by atoms with Crippen molar-refractivity contribution in [2.75, 3.05) is 6.54 Å². The highest BCUT2D eigenvalue weighted by Gasteiger charge is 2.19. The van der Waals surface area contributed by atoms with Crippen LogP contribution >= 0.6 is 35.0 Å². The van der Waals surface area contributed by atoms with Crippen LogP contribution in [0.4, 0.5) is 0 Å². The number of benzene rings is 2. The second-order valence-corrected chi connectivity index (χ2v) is 7.11. The van der Waals surface area contributed by atoms with E-state index in [0.717, 1.165) is 11.4 Å². The van der Waals surface area contributed by atoms with E-state index in [4.69, 9.17) is 23.2 Å². The standard InChI is InChI=1S/C17H19Cl2NS/c1-3-20-17(13-7-5-4-6-8-13)12(2)21-14-9-10-15(18)16(19)11-14/h4-12,17,20H,3H2,1-2H3. The first kappa shape index (κ1) is 16.7. The molecule has 21 heavy (non-hydrogen) atoms. The fourth-order valence-corrected chi connectivity index (χ4v) is 3.78. The zero-order valence-corrected chi connectivity index (χ0v) is 14.5. The molecule has 0 aliphatic carbocycles. The molecule has 2 rings (SSSR count). The van der Waals surface area contributed by atoms with Crippen LogP contribution in [-0.4, -0.2) is 11.8 Å². The number of nitrogens with one attached hydrogen (secondary N) is 1. The van der Waals surface area contributed by atoms with Gasteiger partial charge in [0.1, 0.15) is 0 Å². The lowest BCUT2D eigenvalue weighted by molar-refractivity contribution is 0.548. The molecule has 1 N–H and O–H groups in total. The first-order valence-corrected chi connectivity index (χ1v) is 8.65. The molecule has 2 unspecified atom stereocenters. The summed E-state index contributed by atoms with van der Waals surface area (Å²) in [4.78, 5) is 1.13. The lowest BCUT2D eigenvalue weighted by Gasteiger charge is -2.25. The van der Waals surface area contributed by atoms with Crippen LogP contribution in [0.5, 0.6) is 0 Å². The van der Waals surface area contributed by atoms with Gasteiger partial charge in [0.05, 0.1) is 10.0 Å². The first-order chi connectivity index (χ1) is 10.1. The molecular formula is C17H19Cl2NS. The van der Waals surface area contributed by atoms with Crippen molar-refractivity contribution in [3.63, 3.8) is 0 Å². The predicted molar refractivity (Wildman–Crippen MR) is 94.6 cm³/mol. The smallest absolute Gasteiger partial charge is 0.0603 e. The van der Waals surface area contributed by atoms with E-state index in [2.05, 4.69) is 43.4 Å². The Morgan fingerprint density at radius 2 is 1.76 bits per heavy atom. The Kier molecular flexibility index (Phi) is 6.43. The van der Waals surface area contributed by atoms with Crippen molar-refractivity contribution in [3.8, 4) is 0 Å². The lowest BCUT2D eigenvalue weighted by atomic mass is 10.0. The zero-order valence-electron chi connectivity index (χ0n) is 12.1. The van der Waals surface area contributed by atoms with Crippen LogP contribution in [0.15, 0.2) is 53.4 Å². The first-order valence-electron chi connectivity index (χ1n) is 7.02. The van der Waals surface area contributed by atoms with Gasteiger partial charge in [-0.1, -0.05) is 67.4 Å². The Labute approximate surface area is 141 Å². The highest BCUT2D eigenvalue weighted by Crippen LogP contribution is 2.34. The summed E-state index contributed by atoms with van der Waals surface area (Å²) in [5.41, 5.74) is 1.31. The molecular weight excluding hydrogens is 321 g/mol. The Hall–Kier alpha value is -0.670. The largest absolute Gasteiger partial charge is 0.309 e. The lowest BCUT2D eigenvalue weighted by Crippen LogP contribution is -2.28. The van der Waals surface area contributed by atoms with Gasteiger partial charge in [-0.2, -0.15) is 0 Å². The molecule has 0 amide bonds. The minimum atomic E-state index is 0.302. The maximum Gasteiger partial charge on any atom is 0.0603 e. The van der Waals surface area contributed by atoms with E-state index in [1.54, 1.807) is 11.8 Å². The van der Waals surface area contributed by atoms with E-state index in [9.17, 15) is 0 Å². The summed E-state index contributed by atoms with van der Waals surface area (Å²) in [5, 5.41) is 5.15. The fraction of sp³-hybridized carbons (Fsp3) is 0.294. The monoisotopic (exact) mass is 339 g/mol. The van der Waals surface area contributed by atoms with Gasteiger partial charge in [0.15, 0.2) is 0 Å². The van der Waals surface area contributed by atoms with Crippen LogP contribution < -0.4 is 5.32 Å². The normalized spacial score (nSPS) is 13.9. The van der Waals surface area contributed by atoms with Crippen LogP contribution in [0.25, 0.3) is 0 Å². The third kappa shape index (κ3) is 4.65. The van der Waals surface area contributed by atoms with Crippen LogP contribution in [0.3, 0.4) is 0 Å². The SMILES string of the molecule is CCNC(c1ccccc1)C(C)Sc1ccc(Cl)c(Cl)c1. The fourth-order valence-electron chi connectivity index (χ4n) is 2.27. The molecule has 2 aromatic carbocycles. The van der Waals surface area contributed by atoms with Crippen LogP contribution in [0.2, 0.25) is 10.0 Å². The van der Waals surface area contributed by atoms with Crippen LogP contribution in [0, 0.1) is 0 Å². The Morgan fingerprint density at radius 3 is 2.38 bits per heavy atom. The maximum atomic E-state index is 6.09. The van der Waals surface area contributed by atoms with Crippen molar-refractivity contribution < 1.29 is 0 Å². The Balaban J connectivity index is 2.15. The van der Waals surface area contributed by atoms with Gasteiger partial charge in [-0.3, -0.25) is 0 Å². The van der Waals surface area contributed by atoms with Gasteiger partial charge in [-0.15, -0.1) is 11.8 Å². The van der Waals surface area contributed by atoms with E-state index < -0.39 is 0 Å². The minimum absolute atomic E-state index is 0.302. The zero-order chi connectivity index (χ0) is 15.2. The second kappa shape index (κ2) is 8.09. The molecule has 112 valence electrons. The van der Waals surface area contributed by atoms with Gasteiger partial charge < -0.3 is 5.32 Å². The molecule has 2 atom stereocenters. The number of rotatable bonds is 6.